The number of rotatable bonds is 5. The molecule has 6 nitrogen and oxygen atoms in total. The Hall–Kier alpha value is -3.20. The van der Waals surface area contributed by atoms with Crippen LogP contribution in [0, 0.1) is 12.7 Å². The second-order valence-corrected chi connectivity index (χ2v) is 10.2. The van der Waals surface area contributed by atoms with Gasteiger partial charge in [0.1, 0.15) is 17.5 Å². The topological polar surface area (TPSA) is 70.6 Å². The number of nitrogens with zero attached hydrogens (tertiary/aromatic N) is 3. The average molecular weight is 485 g/mol. The zero-order valence-electron chi connectivity index (χ0n) is 20.5. The Kier molecular flexibility index (Phi) is 4.98. The number of ether oxygens (including phenoxy) is 1. The number of fused-ring (bicyclic) bond motifs is 2. The fraction of sp³-hybridized carbons (Fsp3) is 0.423. The van der Waals surface area contributed by atoms with Crippen LogP contribution in [0.4, 0.5) is 24.7 Å². The number of aromatic nitrogens is 2. The third kappa shape index (κ3) is 3.39. The van der Waals surface area contributed by atoms with Crippen LogP contribution >= 0.6 is 0 Å². The van der Waals surface area contributed by atoms with Gasteiger partial charge in [0.15, 0.2) is 5.60 Å². The maximum atomic E-state index is 15.4. The lowest BCUT2D eigenvalue weighted by Gasteiger charge is -2.24. The van der Waals surface area contributed by atoms with Crippen molar-refractivity contribution >= 4 is 28.3 Å². The van der Waals surface area contributed by atoms with Gasteiger partial charge in [-0.15, -0.1) is 0 Å². The highest BCUT2D eigenvalue weighted by molar-refractivity contribution is 6.10. The van der Waals surface area contributed by atoms with Crippen LogP contribution in [-0.4, -0.2) is 35.1 Å². The summed E-state index contributed by atoms with van der Waals surface area (Å²) in [6.45, 7) is 8.32. The van der Waals surface area contributed by atoms with Crippen molar-refractivity contribution in [2.45, 2.75) is 57.6 Å². The second kappa shape index (κ2) is 7.40. The van der Waals surface area contributed by atoms with E-state index in [0.717, 1.165) is 17.3 Å². The number of halogens is 3. The minimum Gasteiger partial charge on any atom is -0.363 e. The van der Waals surface area contributed by atoms with Crippen LogP contribution in [0.5, 0.6) is 0 Å². The largest absolute Gasteiger partial charge is 0.363 e. The van der Waals surface area contributed by atoms with Gasteiger partial charge in [0.25, 0.3) is 0 Å². The number of epoxide rings is 1. The molecule has 184 valence electrons. The molecule has 0 aliphatic carbocycles. The monoisotopic (exact) mass is 484 g/mol. The van der Waals surface area contributed by atoms with Crippen molar-refractivity contribution < 1.29 is 22.7 Å². The molecule has 1 amide bonds. The summed E-state index contributed by atoms with van der Waals surface area (Å²) >= 11 is 0. The zero-order chi connectivity index (χ0) is 25.5. The Morgan fingerprint density at radius 1 is 1.20 bits per heavy atom. The van der Waals surface area contributed by atoms with Gasteiger partial charge >= 0.3 is 5.92 Å². The van der Waals surface area contributed by atoms with Crippen LogP contribution in [0.3, 0.4) is 0 Å². The van der Waals surface area contributed by atoms with Crippen molar-refractivity contribution in [2.24, 2.45) is 0 Å². The van der Waals surface area contributed by atoms with Crippen molar-refractivity contribution in [3.8, 4) is 0 Å². The zero-order valence-corrected chi connectivity index (χ0v) is 20.5. The molecule has 2 aliphatic rings. The lowest BCUT2D eigenvalue weighted by Crippen LogP contribution is -2.33. The summed E-state index contributed by atoms with van der Waals surface area (Å²) in [5.74, 6) is -3.54. The van der Waals surface area contributed by atoms with Gasteiger partial charge in [0.05, 0.1) is 29.1 Å². The van der Waals surface area contributed by atoms with E-state index in [-0.39, 0.29) is 18.1 Å². The third-order valence-electron chi connectivity index (χ3n) is 7.23. The average Bonchev–Trinajstić information content (AvgIpc) is 3.53. The maximum absolute atomic E-state index is 15.4. The second-order valence-electron chi connectivity index (χ2n) is 10.2. The molecule has 0 bridgehead atoms. The van der Waals surface area contributed by atoms with Crippen molar-refractivity contribution in [3.05, 3.63) is 58.7 Å². The molecule has 35 heavy (non-hydrogen) atoms. The lowest BCUT2D eigenvalue weighted by molar-refractivity contribution is -0.121. The molecular weight excluding hydrogens is 457 g/mol. The van der Waals surface area contributed by atoms with Gasteiger partial charge < -0.3 is 15.0 Å². The summed E-state index contributed by atoms with van der Waals surface area (Å²) in [6, 6.07) is 7.05. The molecule has 3 heterocycles. The Balaban J connectivity index is 1.56. The molecule has 9 heteroatoms. The first kappa shape index (κ1) is 23.5. The first-order chi connectivity index (χ1) is 16.3. The Bertz CT molecular complexity index is 1380. The summed E-state index contributed by atoms with van der Waals surface area (Å²) in [7, 11) is 1.72. The number of likely N-dealkylation sites (N-methyl/N-ethyl adjacent to an activating group) is 1. The third-order valence-corrected chi connectivity index (χ3v) is 7.23. The van der Waals surface area contributed by atoms with E-state index >= 15 is 4.39 Å². The fourth-order valence-corrected chi connectivity index (χ4v) is 4.80. The Morgan fingerprint density at radius 2 is 1.89 bits per heavy atom. The van der Waals surface area contributed by atoms with E-state index in [2.05, 4.69) is 15.3 Å². The number of hydrogen-bond donors (Lipinski definition) is 1. The predicted octanol–water partition coefficient (Wildman–Crippen LogP) is 5.39. The van der Waals surface area contributed by atoms with E-state index in [1.54, 1.807) is 25.8 Å². The van der Waals surface area contributed by atoms with E-state index in [4.69, 9.17) is 4.74 Å². The molecule has 2 aliphatic heterocycles. The smallest absolute Gasteiger partial charge is 0.306 e. The van der Waals surface area contributed by atoms with Gasteiger partial charge in [-0.25, -0.2) is 14.4 Å². The number of nitrogens with one attached hydrogen (secondary N) is 1. The molecule has 5 rings (SSSR count). The number of carbonyl (C=O) groups is 1. The summed E-state index contributed by atoms with van der Waals surface area (Å²) in [6.07, 6.45) is 0. The number of carbonyl (C=O) groups excluding carboxylic acids is 1. The van der Waals surface area contributed by atoms with Gasteiger partial charge in [-0.3, -0.25) is 4.79 Å². The van der Waals surface area contributed by atoms with E-state index in [1.807, 2.05) is 26.0 Å². The van der Waals surface area contributed by atoms with Crippen molar-refractivity contribution in [1.82, 2.24) is 9.97 Å². The number of aryl methyl sites for hydroxylation is 1. The molecule has 0 saturated carbocycles. The summed E-state index contributed by atoms with van der Waals surface area (Å²) < 4.78 is 50.2. The van der Waals surface area contributed by atoms with Crippen molar-refractivity contribution in [1.29, 1.82) is 0 Å². The molecule has 0 spiro atoms. The van der Waals surface area contributed by atoms with E-state index < -0.39 is 34.4 Å². The molecule has 1 N–H and O–H groups in total. The summed E-state index contributed by atoms with van der Waals surface area (Å²) in [4.78, 5) is 23.4. The van der Waals surface area contributed by atoms with E-state index in [1.165, 1.54) is 19.1 Å². The van der Waals surface area contributed by atoms with Gasteiger partial charge in [-0.05, 0) is 58.4 Å². The number of hydrogen-bond acceptors (Lipinski definition) is 5. The molecule has 1 saturated heterocycles. The molecule has 1 fully saturated rings. The quantitative estimate of drug-likeness (QED) is 0.492. The normalized spacial score (nSPS) is 21.9. The molecule has 3 aromatic rings. The van der Waals surface area contributed by atoms with E-state index in [0.29, 0.717) is 22.5 Å². The summed E-state index contributed by atoms with van der Waals surface area (Å²) in [5, 5.41) is 3.84. The molecule has 1 unspecified atom stereocenters. The minimum atomic E-state index is -3.46. The van der Waals surface area contributed by atoms with E-state index in [9.17, 15) is 13.6 Å². The maximum Gasteiger partial charge on any atom is 0.306 e. The highest BCUT2D eigenvalue weighted by Gasteiger charge is 2.62. The highest BCUT2D eigenvalue weighted by Crippen LogP contribution is 2.50. The van der Waals surface area contributed by atoms with Crippen molar-refractivity contribution in [2.75, 3.05) is 23.9 Å². The molecular formula is C26H27F3N4O2. The van der Waals surface area contributed by atoms with Gasteiger partial charge in [-0.2, -0.15) is 8.78 Å². The Morgan fingerprint density at radius 3 is 2.54 bits per heavy atom. The van der Waals surface area contributed by atoms with Gasteiger partial charge in [-0.1, -0.05) is 12.1 Å². The number of benzene rings is 2. The molecule has 0 radical (unpaired) electrons. The van der Waals surface area contributed by atoms with Crippen LogP contribution < -0.4 is 10.2 Å². The molecule has 2 atom stereocenters. The van der Waals surface area contributed by atoms with Gasteiger partial charge in [0, 0.05) is 23.7 Å². The standard InChI is InChI=1S/C26H27F3N4O2/c1-13(15-8-7-9-17(21(15)27)26(28,29)25(5)12-35-25)30-22-16-10-20-18(11-19(16)31-14(2)32-22)24(3,4)23(34)33(20)6/h7-11,13H,12H2,1-6H3,(H,30,31,32)/t13-,25?/m1/s1. The van der Waals surface area contributed by atoms with Crippen LogP contribution in [0.15, 0.2) is 30.3 Å². The first-order valence-electron chi connectivity index (χ1n) is 11.5. The lowest BCUT2D eigenvalue weighted by atomic mass is 9.85. The minimum absolute atomic E-state index is 0.0245. The van der Waals surface area contributed by atoms with Crippen molar-refractivity contribution in [3.63, 3.8) is 0 Å². The number of alkyl halides is 2. The SMILES string of the molecule is Cc1nc(N[C@H](C)c2cccc(C(F)(F)C3(C)CO3)c2F)c2cc3c(cc2n1)C(C)(C)C(=O)N3C. The molecule has 2 aromatic carbocycles. The molecule has 1 aromatic heterocycles. The van der Waals surface area contributed by atoms with Crippen LogP contribution in [0.25, 0.3) is 10.9 Å². The van der Waals surface area contributed by atoms with Crippen LogP contribution in [-0.2, 0) is 20.9 Å². The predicted molar refractivity (Wildman–Crippen MR) is 127 cm³/mol. The highest BCUT2D eigenvalue weighted by atomic mass is 19.3. The Labute approximate surface area is 201 Å². The number of anilines is 2. The van der Waals surface area contributed by atoms with Gasteiger partial charge in [0.2, 0.25) is 5.91 Å². The number of amides is 1. The summed E-state index contributed by atoms with van der Waals surface area (Å²) in [5.41, 5.74) is -0.720. The first-order valence-corrected chi connectivity index (χ1v) is 11.5. The fourth-order valence-electron chi connectivity index (χ4n) is 4.80. The van der Waals surface area contributed by atoms with Crippen LogP contribution in [0.1, 0.15) is 56.3 Å². The van der Waals surface area contributed by atoms with Crippen LogP contribution in [0.2, 0.25) is 0 Å².